The molecule has 0 unspecified atom stereocenters. The van der Waals surface area contributed by atoms with Gasteiger partial charge in [0, 0.05) is 0 Å². The van der Waals surface area contributed by atoms with Crippen LogP contribution in [0.4, 0.5) is 4.39 Å². The lowest BCUT2D eigenvalue weighted by molar-refractivity contribution is -0.0112. The molecule has 1 nitrogen and oxygen atoms in total. The molecule has 2 aliphatic carbocycles. The van der Waals surface area contributed by atoms with Crippen molar-refractivity contribution in [1.82, 2.24) is 0 Å². The lowest BCUT2D eigenvalue weighted by Gasteiger charge is -2.32. The van der Waals surface area contributed by atoms with Gasteiger partial charge >= 0.3 is 0 Å². The molecule has 0 saturated heterocycles. The molecule has 2 saturated carbocycles. The van der Waals surface area contributed by atoms with Crippen LogP contribution in [0, 0.1) is 17.8 Å². The molecule has 2 rings (SSSR count). The number of unbranched alkanes of at least 4 members (excludes halogenated alkanes) is 5. The maximum absolute atomic E-state index is 14.0. The number of hydrogen-bond donors (Lipinski definition) is 0. The fourth-order valence-corrected chi connectivity index (χ4v) is 5.67. The van der Waals surface area contributed by atoms with Crippen molar-refractivity contribution in [1.29, 1.82) is 0 Å². The van der Waals surface area contributed by atoms with Crippen LogP contribution < -0.4 is 0 Å². The number of alkyl halides is 1. The first-order chi connectivity index (χ1) is 14.2. The van der Waals surface area contributed by atoms with Gasteiger partial charge in [-0.05, 0) is 49.9 Å². The van der Waals surface area contributed by atoms with Gasteiger partial charge in [0.05, 0.1) is 12.7 Å². The summed E-state index contributed by atoms with van der Waals surface area (Å²) < 4.78 is 19.9. The Balaban J connectivity index is 1.47. The van der Waals surface area contributed by atoms with Crippen molar-refractivity contribution < 1.29 is 9.13 Å². The molecule has 0 bridgehead atoms. The lowest BCUT2D eigenvalue weighted by Crippen LogP contribution is -2.25. The SMILES string of the molecule is CCCCCC[C@@H](F)COC1CCC(CCC2CCC(CCCCC)CC2)CC1. The quantitative estimate of drug-likeness (QED) is 0.245. The zero-order valence-corrected chi connectivity index (χ0v) is 19.8. The summed E-state index contributed by atoms with van der Waals surface area (Å²) in [6, 6.07) is 0. The third-order valence-corrected chi connectivity index (χ3v) is 7.84. The molecule has 0 N–H and O–H groups in total. The van der Waals surface area contributed by atoms with Crippen molar-refractivity contribution in [3.8, 4) is 0 Å². The molecule has 0 amide bonds. The van der Waals surface area contributed by atoms with Gasteiger partial charge in [0.2, 0.25) is 0 Å². The second kappa shape index (κ2) is 15.7. The molecule has 0 radical (unpaired) electrons. The Bertz CT molecular complexity index is 369. The Morgan fingerprint density at radius 1 is 0.655 bits per heavy atom. The zero-order chi connectivity index (χ0) is 20.7. The van der Waals surface area contributed by atoms with Gasteiger partial charge in [-0.3, -0.25) is 0 Å². The van der Waals surface area contributed by atoms with Gasteiger partial charge in [0.25, 0.3) is 0 Å². The summed E-state index contributed by atoms with van der Waals surface area (Å²) in [5, 5.41) is 0. The van der Waals surface area contributed by atoms with E-state index in [2.05, 4.69) is 13.8 Å². The predicted octanol–water partition coefficient (Wildman–Crippen LogP) is 9.04. The third kappa shape index (κ3) is 11.2. The number of hydrogen-bond acceptors (Lipinski definition) is 1. The first-order valence-electron chi connectivity index (χ1n) is 13.5. The van der Waals surface area contributed by atoms with Crippen LogP contribution >= 0.6 is 0 Å². The maximum Gasteiger partial charge on any atom is 0.123 e. The molecular weight excluding hydrogens is 359 g/mol. The summed E-state index contributed by atoms with van der Waals surface area (Å²) in [4.78, 5) is 0. The smallest absolute Gasteiger partial charge is 0.123 e. The maximum atomic E-state index is 14.0. The van der Waals surface area contributed by atoms with Crippen molar-refractivity contribution in [2.45, 2.75) is 148 Å². The van der Waals surface area contributed by atoms with Gasteiger partial charge in [-0.2, -0.15) is 0 Å². The van der Waals surface area contributed by atoms with Gasteiger partial charge in [0.1, 0.15) is 6.17 Å². The molecule has 0 aromatic carbocycles. The molecule has 0 aromatic rings. The van der Waals surface area contributed by atoms with Crippen LogP contribution in [0.1, 0.15) is 136 Å². The highest BCUT2D eigenvalue weighted by Gasteiger charge is 2.25. The average Bonchev–Trinajstić information content (AvgIpc) is 2.75. The van der Waals surface area contributed by atoms with E-state index in [-0.39, 0.29) is 0 Å². The van der Waals surface area contributed by atoms with E-state index in [4.69, 9.17) is 4.74 Å². The summed E-state index contributed by atoms with van der Waals surface area (Å²) in [7, 11) is 0. The van der Waals surface area contributed by atoms with E-state index in [1.807, 2.05) is 0 Å². The summed E-state index contributed by atoms with van der Waals surface area (Å²) in [6.45, 7) is 4.85. The van der Waals surface area contributed by atoms with Gasteiger partial charge in [0.15, 0.2) is 0 Å². The van der Waals surface area contributed by atoms with Gasteiger partial charge in [-0.1, -0.05) is 104 Å². The second-order valence-corrected chi connectivity index (χ2v) is 10.4. The molecule has 0 spiro atoms. The Morgan fingerprint density at radius 2 is 1.17 bits per heavy atom. The van der Waals surface area contributed by atoms with Gasteiger partial charge < -0.3 is 4.74 Å². The van der Waals surface area contributed by atoms with Crippen LogP contribution in [0.15, 0.2) is 0 Å². The Kier molecular flexibility index (Phi) is 13.6. The number of rotatable bonds is 15. The minimum absolute atomic E-state index is 0.332. The predicted molar refractivity (Wildman–Crippen MR) is 124 cm³/mol. The van der Waals surface area contributed by atoms with Crippen molar-refractivity contribution >= 4 is 0 Å². The van der Waals surface area contributed by atoms with Crippen LogP contribution in [0.25, 0.3) is 0 Å². The van der Waals surface area contributed by atoms with Crippen molar-refractivity contribution in [3.05, 3.63) is 0 Å². The Labute approximate surface area is 181 Å². The van der Waals surface area contributed by atoms with Gasteiger partial charge in [-0.15, -0.1) is 0 Å². The topological polar surface area (TPSA) is 9.23 Å². The molecule has 29 heavy (non-hydrogen) atoms. The molecular formula is C27H51FO. The first kappa shape index (κ1) is 25.2. The molecule has 2 heteroatoms. The van der Waals surface area contributed by atoms with Gasteiger partial charge in [-0.25, -0.2) is 4.39 Å². The second-order valence-electron chi connectivity index (χ2n) is 10.4. The molecule has 1 atom stereocenters. The van der Waals surface area contributed by atoms with Crippen molar-refractivity contribution in [3.63, 3.8) is 0 Å². The fraction of sp³-hybridized carbons (Fsp3) is 1.00. The molecule has 172 valence electrons. The molecule has 0 heterocycles. The summed E-state index contributed by atoms with van der Waals surface area (Å²) in [5.41, 5.74) is 0. The van der Waals surface area contributed by atoms with E-state index in [1.165, 1.54) is 96.3 Å². The minimum Gasteiger partial charge on any atom is -0.375 e. The van der Waals surface area contributed by atoms with Crippen molar-refractivity contribution in [2.75, 3.05) is 6.61 Å². The molecule has 2 aliphatic rings. The summed E-state index contributed by atoms with van der Waals surface area (Å²) >= 11 is 0. The summed E-state index contributed by atoms with van der Waals surface area (Å²) in [6.07, 6.45) is 24.5. The minimum atomic E-state index is -0.748. The first-order valence-corrected chi connectivity index (χ1v) is 13.5. The largest absolute Gasteiger partial charge is 0.375 e. The lowest BCUT2D eigenvalue weighted by atomic mass is 9.76. The van der Waals surface area contributed by atoms with E-state index >= 15 is 0 Å². The zero-order valence-electron chi connectivity index (χ0n) is 19.8. The molecule has 2 fully saturated rings. The van der Waals surface area contributed by atoms with Crippen LogP contribution in [-0.4, -0.2) is 18.9 Å². The Hall–Kier alpha value is -0.110. The standard InChI is InChI=1S/C27H51FO/c1-3-5-7-9-11-26(28)22-29-27-20-18-25(19-21-27)17-16-24-14-12-23(13-15-24)10-8-6-4-2/h23-27H,3-22H2,1-2H3/t23?,24?,25?,26-,27?/m1/s1. The Morgan fingerprint density at radius 3 is 1.76 bits per heavy atom. The highest BCUT2D eigenvalue weighted by Crippen LogP contribution is 2.37. The summed E-state index contributed by atoms with van der Waals surface area (Å²) in [5.74, 6) is 2.95. The molecule has 0 aliphatic heterocycles. The van der Waals surface area contributed by atoms with E-state index in [1.54, 1.807) is 0 Å². The van der Waals surface area contributed by atoms with E-state index in [0.717, 1.165) is 37.0 Å². The highest BCUT2D eigenvalue weighted by atomic mass is 19.1. The van der Waals surface area contributed by atoms with Crippen LogP contribution in [0.5, 0.6) is 0 Å². The third-order valence-electron chi connectivity index (χ3n) is 7.84. The number of ether oxygens (including phenoxy) is 1. The van der Waals surface area contributed by atoms with Crippen LogP contribution in [0.3, 0.4) is 0 Å². The fourth-order valence-electron chi connectivity index (χ4n) is 5.67. The monoisotopic (exact) mass is 410 g/mol. The van der Waals surface area contributed by atoms with Crippen LogP contribution in [0.2, 0.25) is 0 Å². The normalized spacial score (nSPS) is 29.1. The average molecular weight is 411 g/mol. The van der Waals surface area contributed by atoms with Crippen molar-refractivity contribution in [2.24, 2.45) is 17.8 Å². The van der Waals surface area contributed by atoms with E-state index in [9.17, 15) is 4.39 Å². The number of halogens is 1. The van der Waals surface area contributed by atoms with E-state index in [0.29, 0.717) is 19.1 Å². The van der Waals surface area contributed by atoms with Crippen LogP contribution in [-0.2, 0) is 4.74 Å². The van der Waals surface area contributed by atoms with E-state index < -0.39 is 6.17 Å². The molecule has 0 aromatic heterocycles. The highest BCUT2D eigenvalue weighted by molar-refractivity contribution is 4.77.